The lowest BCUT2D eigenvalue weighted by molar-refractivity contribution is -0.138. The maximum absolute atomic E-state index is 12.6. The van der Waals surface area contributed by atoms with Gasteiger partial charge in [-0.2, -0.15) is 18.4 Å². The van der Waals surface area contributed by atoms with Crippen molar-refractivity contribution in [2.24, 2.45) is 0 Å². The van der Waals surface area contributed by atoms with E-state index in [9.17, 15) is 23.2 Å². The number of nitrogens with zero attached hydrogens (tertiary/aromatic N) is 4. The normalized spacial score (nSPS) is 11.8. The lowest BCUT2D eigenvalue weighted by atomic mass is 10.2. The fourth-order valence-corrected chi connectivity index (χ4v) is 3.26. The first-order valence-electron chi connectivity index (χ1n) is 8.08. The Balaban J connectivity index is 1.86. The Morgan fingerprint density at radius 1 is 1.37 bits per heavy atom. The molecule has 0 fully saturated rings. The number of anilines is 1. The molecule has 0 aliphatic rings. The monoisotopic (exact) mass is 453 g/mol. The van der Waals surface area contributed by atoms with Gasteiger partial charge in [-0.1, -0.05) is 22.9 Å². The number of ether oxygens (including phenoxy) is 1. The van der Waals surface area contributed by atoms with Crippen molar-refractivity contribution in [1.82, 2.24) is 14.8 Å². The number of nitrogens with one attached hydrogen (secondary N) is 1. The summed E-state index contributed by atoms with van der Waals surface area (Å²) in [5, 5.41) is 16.5. The molecule has 0 saturated carbocycles. The van der Waals surface area contributed by atoms with Gasteiger partial charge in [0.15, 0.2) is 0 Å². The van der Waals surface area contributed by atoms with E-state index in [1.165, 1.54) is 13.2 Å². The van der Waals surface area contributed by atoms with E-state index >= 15 is 0 Å². The second-order valence-corrected chi connectivity index (χ2v) is 7.04. The van der Waals surface area contributed by atoms with Crippen LogP contribution >= 0.6 is 22.9 Å². The molecule has 154 valence electrons. The molecule has 7 nitrogen and oxygen atoms in total. The molecular formula is C18H11ClF3N5O2S. The summed E-state index contributed by atoms with van der Waals surface area (Å²) in [6.07, 6.45) is -1.69. The number of hydrogen-bond acceptors (Lipinski definition) is 6. The molecule has 2 aromatic heterocycles. The molecule has 0 atom stereocenters. The first kappa shape index (κ1) is 21.4. The molecule has 0 saturated heterocycles. The predicted octanol–water partition coefficient (Wildman–Crippen LogP) is 4.56. The number of methoxy groups -OCH3 is 1. The summed E-state index contributed by atoms with van der Waals surface area (Å²) in [5.74, 6) is -0.431. The molecule has 2 heterocycles. The van der Waals surface area contributed by atoms with Crippen LogP contribution in [0, 0.1) is 11.3 Å². The summed E-state index contributed by atoms with van der Waals surface area (Å²) in [6.45, 7) is 0. The molecule has 0 aliphatic carbocycles. The van der Waals surface area contributed by atoms with Crippen LogP contribution in [-0.4, -0.2) is 27.8 Å². The zero-order valence-corrected chi connectivity index (χ0v) is 16.6. The van der Waals surface area contributed by atoms with Gasteiger partial charge in [0, 0.05) is 17.6 Å². The number of carbonyl (C=O) groups excluding carboxylic acids is 1. The average Bonchev–Trinajstić information content (AvgIpc) is 3.35. The summed E-state index contributed by atoms with van der Waals surface area (Å²) >= 11 is 6.31. The Labute approximate surface area is 177 Å². The molecule has 1 N–H and O–H groups in total. The molecule has 3 rings (SSSR count). The lowest BCUT2D eigenvalue weighted by Crippen LogP contribution is -2.13. The number of alkyl halides is 3. The zero-order valence-electron chi connectivity index (χ0n) is 15.1. The summed E-state index contributed by atoms with van der Waals surface area (Å²) in [5.41, 5.74) is 0.781. The van der Waals surface area contributed by atoms with Gasteiger partial charge >= 0.3 is 6.18 Å². The molecule has 0 bridgehead atoms. The van der Waals surface area contributed by atoms with Crippen LogP contribution in [-0.2, 0) is 11.0 Å². The number of benzene rings is 1. The number of carbonyl (C=O) groups is 1. The largest absolute Gasteiger partial charge is 0.495 e. The SMILES string of the molecule is COc1ccc(-n2cccc2/C=C(/C#N)C(=O)Nc2nnc(C(F)(F)F)s2)cc1Cl. The average molecular weight is 454 g/mol. The second kappa shape index (κ2) is 8.56. The van der Waals surface area contributed by atoms with E-state index in [0.717, 1.165) is 0 Å². The summed E-state index contributed by atoms with van der Waals surface area (Å²) < 4.78 is 44.6. The fraction of sp³-hybridized carbons (Fsp3) is 0.111. The molecule has 3 aromatic rings. The third-order valence-electron chi connectivity index (χ3n) is 3.74. The molecule has 1 amide bonds. The predicted molar refractivity (Wildman–Crippen MR) is 104 cm³/mol. The first-order valence-corrected chi connectivity index (χ1v) is 9.27. The third kappa shape index (κ3) is 4.61. The molecule has 1 aromatic carbocycles. The van der Waals surface area contributed by atoms with E-state index in [-0.39, 0.29) is 22.0 Å². The van der Waals surface area contributed by atoms with Crippen LogP contribution in [0.5, 0.6) is 5.75 Å². The maximum atomic E-state index is 12.6. The number of aromatic nitrogens is 3. The van der Waals surface area contributed by atoms with E-state index in [2.05, 4.69) is 15.5 Å². The van der Waals surface area contributed by atoms with Gasteiger partial charge in [-0.3, -0.25) is 10.1 Å². The summed E-state index contributed by atoms with van der Waals surface area (Å²) in [7, 11) is 1.48. The highest BCUT2D eigenvalue weighted by atomic mass is 35.5. The first-order chi connectivity index (χ1) is 14.2. The number of hydrogen-bond donors (Lipinski definition) is 1. The van der Waals surface area contributed by atoms with Crippen LogP contribution in [0.1, 0.15) is 10.7 Å². The van der Waals surface area contributed by atoms with Crippen molar-refractivity contribution >= 4 is 40.1 Å². The van der Waals surface area contributed by atoms with Crippen LogP contribution < -0.4 is 10.1 Å². The number of amides is 1. The van der Waals surface area contributed by atoms with Crippen LogP contribution in [0.15, 0.2) is 42.1 Å². The summed E-state index contributed by atoms with van der Waals surface area (Å²) in [6, 6.07) is 10.1. The quantitative estimate of drug-likeness (QED) is 0.451. The van der Waals surface area contributed by atoms with E-state index in [1.54, 1.807) is 47.2 Å². The molecule has 0 unspecified atom stereocenters. The van der Waals surface area contributed by atoms with Crippen molar-refractivity contribution in [2.75, 3.05) is 12.4 Å². The molecule has 0 aliphatic heterocycles. The van der Waals surface area contributed by atoms with Crippen LogP contribution in [0.4, 0.5) is 18.3 Å². The van der Waals surface area contributed by atoms with Gasteiger partial charge in [-0.25, -0.2) is 0 Å². The van der Waals surface area contributed by atoms with Crippen molar-refractivity contribution in [1.29, 1.82) is 5.26 Å². The highest BCUT2D eigenvalue weighted by Crippen LogP contribution is 2.33. The van der Waals surface area contributed by atoms with Gasteiger partial charge in [0.25, 0.3) is 5.91 Å². The van der Waals surface area contributed by atoms with Gasteiger partial charge in [0.05, 0.1) is 12.1 Å². The summed E-state index contributed by atoms with van der Waals surface area (Å²) in [4.78, 5) is 12.3. The number of nitriles is 1. The molecule has 30 heavy (non-hydrogen) atoms. The molecule has 0 spiro atoms. The standard InChI is InChI=1S/C18H11ClF3N5O2S/c1-29-14-5-4-12(8-13(14)19)27-6-2-3-11(27)7-10(9-23)15(28)24-17-26-25-16(30-17)18(20,21)22/h2-8H,1H3,(H,24,26,28)/b10-7-. The Kier molecular flexibility index (Phi) is 6.09. The Bertz CT molecular complexity index is 1160. The number of rotatable bonds is 5. The number of halogens is 4. The topological polar surface area (TPSA) is 92.8 Å². The van der Waals surface area contributed by atoms with Gasteiger partial charge < -0.3 is 9.30 Å². The second-order valence-electron chi connectivity index (χ2n) is 5.66. The third-order valence-corrected chi connectivity index (χ3v) is 4.92. The van der Waals surface area contributed by atoms with Crippen molar-refractivity contribution < 1.29 is 22.7 Å². The molecule has 0 radical (unpaired) electrons. The minimum Gasteiger partial charge on any atom is -0.495 e. The maximum Gasteiger partial charge on any atom is 0.445 e. The van der Waals surface area contributed by atoms with Crippen molar-refractivity contribution in [2.45, 2.75) is 6.18 Å². The van der Waals surface area contributed by atoms with Crippen molar-refractivity contribution in [3.63, 3.8) is 0 Å². The van der Waals surface area contributed by atoms with Gasteiger partial charge in [-0.15, -0.1) is 10.2 Å². The smallest absolute Gasteiger partial charge is 0.445 e. The van der Waals surface area contributed by atoms with Crippen LogP contribution in [0.2, 0.25) is 5.02 Å². The highest BCUT2D eigenvalue weighted by molar-refractivity contribution is 7.15. The Hall–Kier alpha value is -3.36. The molecular weight excluding hydrogens is 443 g/mol. The van der Waals surface area contributed by atoms with E-state index in [1.807, 2.05) is 0 Å². The lowest BCUT2D eigenvalue weighted by Gasteiger charge is -2.10. The minimum atomic E-state index is -4.67. The zero-order chi connectivity index (χ0) is 21.9. The van der Waals surface area contributed by atoms with Gasteiger partial charge in [-0.05, 0) is 36.4 Å². The van der Waals surface area contributed by atoms with E-state index < -0.39 is 17.1 Å². The minimum absolute atomic E-state index is 0.162. The van der Waals surface area contributed by atoms with Crippen LogP contribution in [0.3, 0.4) is 0 Å². The van der Waals surface area contributed by atoms with Gasteiger partial charge in [0.2, 0.25) is 10.1 Å². The Morgan fingerprint density at radius 2 is 2.13 bits per heavy atom. The van der Waals surface area contributed by atoms with Crippen LogP contribution in [0.25, 0.3) is 11.8 Å². The van der Waals surface area contributed by atoms with E-state index in [4.69, 9.17) is 16.3 Å². The fourth-order valence-electron chi connectivity index (χ4n) is 2.40. The van der Waals surface area contributed by atoms with Gasteiger partial charge in [0.1, 0.15) is 17.4 Å². The molecule has 12 heteroatoms. The Morgan fingerprint density at radius 3 is 2.73 bits per heavy atom. The van der Waals surface area contributed by atoms with E-state index in [0.29, 0.717) is 22.2 Å². The van der Waals surface area contributed by atoms with Crippen molar-refractivity contribution in [3.8, 4) is 17.5 Å². The van der Waals surface area contributed by atoms with Crippen molar-refractivity contribution in [3.05, 3.63) is 57.8 Å². The highest BCUT2D eigenvalue weighted by Gasteiger charge is 2.35.